The van der Waals surface area contributed by atoms with Crippen LogP contribution in [0.1, 0.15) is 43.5 Å². The molecule has 2 unspecified atom stereocenters. The second kappa shape index (κ2) is 14.5. The van der Waals surface area contributed by atoms with E-state index < -0.39 is 12.7 Å². The SMILES string of the molecule is COc1ccc(-n2c(C)csc2=NC(O)NCC(C)Cc2ccc(-c3ncn(-c4ccc(OC(F)(F)F)cc4)n3)cc2)c(C(C)C)c1. The maximum Gasteiger partial charge on any atom is 0.573 e. The van der Waals surface area contributed by atoms with Crippen LogP contribution in [0.2, 0.25) is 0 Å². The molecule has 2 atom stereocenters. The highest BCUT2D eigenvalue weighted by atomic mass is 32.1. The molecule has 0 bridgehead atoms. The highest BCUT2D eigenvalue weighted by molar-refractivity contribution is 7.07. The summed E-state index contributed by atoms with van der Waals surface area (Å²) in [5, 5.41) is 20.4. The van der Waals surface area contributed by atoms with Gasteiger partial charge in [0, 0.05) is 23.2 Å². The van der Waals surface area contributed by atoms with Crippen molar-refractivity contribution in [1.29, 1.82) is 0 Å². The highest BCUT2D eigenvalue weighted by Crippen LogP contribution is 2.28. The summed E-state index contributed by atoms with van der Waals surface area (Å²) in [5.41, 5.74) is 5.64. The molecule has 0 spiro atoms. The van der Waals surface area contributed by atoms with Crippen molar-refractivity contribution in [2.45, 2.75) is 52.7 Å². The van der Waals surface area contributed by atoms with E-state index in [9.17, 15) is 18.3 Å². The van der Waals surface area contributed by atoms with Crippen molar-refractivity contribution >= 4 is 11.3 Å². The number of nitrogens with zero attached hydrogens (tertiary/aromatic N) is 5. The average Bonchev–Trinajstić information content (AvgIpc) is 3.67. The Hall–Kier alpha value is -4.46. The largest absolute Gasteiger partial charge is 0.573 e. The van der Waals surface area contributed by atoms with E-state index in [1.165, 1.54) is 46.6 Å². The summed E-state index contributed by atoms with van der Waals surface area (Å²) < 4.78 is 50.2. The average molecular weight is 667 g/mol. The molecule has 248 valence electrons. The molecule has 0 saturated carbocycles. The van der Waals surface area contributed by atoms with Crippen molar-refractivity contribution < 1.29 is 27.8 Å². The van der Waals surface area contributed by atoms with Gasteiger partial charge in [0.2, 0.25) is 6.35 Å². The van der Waals surface area contributed by atoms with Gasteiger partial charge in [0.1, 0.15) is 17.8 Å². The van der Waals surface area contributed by atoms with Crippen molar-refractivity contribution in [1.82, 2.24) is 24.6 Å². The minimum Gasteiger partial charge on any atom is -0.497 e. The number of halogens is 3. The van der Waals surface area contributed by atoms with E-state index in [-0.39, 0.29) is 17.6 Å². The third kappa shape index (κ3) is 8.67. The van der Waals surface area contributed by atoms with Gasteiger partial charge in [-0.25, -0.2) is 14.7 Å². The van der Waals surface area contributed by atoms with Gasteiger partial charge in [-0.15, -0.1) is 29.6 Å². The normalized spacial score (nSPS) is 13.6. The van der Waals surface area contributed by atoms with E-state index in [0.717, 1.165) is 40.2 Å². The van der Waals surface area contributed by atoms with Gasteiger partial charge in [-0.05, 0) is 78.8 Å². The molecule has 0 fully saturated rings. The fraction of sp³-hybridized carbons (Fsp3) is 0.324. The minimum atomic E-state index is -4.75. The number of aryl methyl sites for hydroxylation is 1. The van der Waals surface area contributed by atoms with Crippen molar-refractivity contribution in [3.63, 3.8) is 0 Å². The number of aromatic nitrogens is 4. The summed E-state index contributed by atoms with van der Waals surface area (Å²) in [6, 6.07) is 19.3. The molecule has 0 aliphatic rings. The lowest BCUT2D eigenvalue weighted by molar-refractivity contribution is -0.274. The predicted octanol–water partition coefficient (Wildman–Crippen LogP) is 6.77. The van der Waals surface area contributed by atoms with Gasteiger partial charge in [0.15, 0.2) is 10.6 Å². The monoisotopic (exact) mass is 666 g/mol. The zero-order valence-electron chi connectivity index (χ0n) is 26.7. The Labute approximate surface area is 275 Å². The molecule has 0 radical (unpaired) electrons. The molecule has 47 heavy (non-hydrogen) atoms. The Morgan fingerprint density at radius 1 is 1.00 bits per heavy atom. The Kier molecular flexibility index (Phi) is 10.5. The van der Waals surface area contributed by atoms with Crippen LogP contribution < -0.4 is 19.6 Å². The zero-order chi connectivity index (χ0) is 33.7. The standard InChI is InChI=1S/C34H37F3N6O3S/c1-21(2)29-17-28(45-5)14-15-30(29)43-23(4)19-47-33(43)40-32(44)38-18-22(3)16-24-6-8-25(9-7-24)31-39-20-42(41-31)26-10-12-27(13-11-26)46-34(35,36)37/h6-15,17,19-22,32,38,44H,16,18H2,1-5H3. The molecule has 2 aromatic heterocycles. The summed E-state index contributed by atoms with van der Waals surface area (Å²) >= 11 is 1.48. The smallest absolute Gasteiger partial charge is 0.497 e. The maximum absolute atomic E-state index is 12.4. The molecule has 5 aromatic rings. The Morgan fingerprint density at radius 3 is 2.36 bits per heavy atom. The van der Waals surface area contributed by atoms with Crippen LogP contribution in [0.15, 0.2) is 83.4 Å². The van der Waals surface area contributed by atoms with Crippen molar-refractivity contribution in [2.75, 3.05) is 13.7 Å². The number of rotatable bonds is 12. The van der Waals surface area contributed by atoms with Gasteiger partial charge in [0.05, 0.1) is 18.5 Å². The second-order valence-electron chi connectivity index (χ2n) is 11.5. The van der Waals surface area contributed by atoms with Gasteiger partial charge in [-0.3, -0.25) is 9.88 Å². The number of aliphatic hydroxyl groups is 1. The topological polar surface area (TPSA) is 98.7 Å². The quantitative estimate of drug-likeness (QED) is 0.143. The lowest BCUT2D eigenvalue weighted by atomic mass is 10.00. The first-order valence-corrected chi connectivity index (χ1v) is 16.0. The van der Waals surface area contributed by atoms with E-state index in [0.29, 0.717) is 22.9 Å². The van der Waals surface area contributed by atoms with Crippen LogP contribution >= 0.6 is 11.3 Å². The number of aliphatic hydroxyl groups excluding tert-OH is 1. The maximum atomic E-state index is 12.4. The van der Waals surface area contributed by atoms with E-state index in [2.05, 4.69) is 50.5 Å². The van der Waals surface area contributed by atoms with E-state index >= 15 is 0 Å². The Balaban J connectivity index is 1.19. The number of hydrogen-bond acceptors (Lipinski definition) is 8. The molecule has 0 saturated heterocycles. The molecule has 2 heterocycles. The molecule has 3 aromatic carbocycles. The molecule has 13 heteroatoms. The van der Waals surface area contributed by atoms with Crippen LogP contribution in [0.3, 0.4) is 0 Å². The van der Waals surface area contributed by atoms with Crippen LogP contribution in [0.4, 0.5) is 13.2 Å². The third-order valence-electron chi connectivity index (χ3n) is 7.48. The van der Waals surface area contributed by atoms with Gasteiger partial charge in [-0.1, -0.05) is 45.0 Å². The fourth-order valence-electron chi connectivity index (χ4n) is 5.14. The van der Waals surface area contributed by atoms with Crippen LogP contribution in [0.25, 0.3) is 22.8 Å². The summed E-state index contributed by atoms with van der Waals surface area (Å²) in [6.45, 7) is 8.95. The summed E-state index contributed by atoms with van der Waals surface area (Å²) in [7, 11) is 1.66. The first-order chi connectivity index (χ1) is 22.4. The van der Waals surface area contributed by atoms with Crippen LogP contribution in [0, 0.1) is 12.8 Å². The summed E-state index contributed by atoms with van der Waals surface area (Å²) in [6.07, 6.45) is -3.54. The molecule has 0 aliphatic heterocycles. The Bertz CT molecular complexity index is 1850. The molecular weight excluding hydrogens is 629 g/mol. The predicted molar refractivity (Wildman–Crippen MR) is 175 cm³/mol. The van der Waals surface area contributed by atoms with E-state index in [1.807, 2.05) is 54.8 Å². The van der Waals surface area contributed by atoms with Crippen LogP contribution in [-0.2, 0) is 6.42 Å². The zero-order valence-corrected chi connectivity index (χ0v) is 27.5. The van der Waals surface area contributed by atoms with Gasteiger partial charge in [0.25, 0.3) is 0 Å². The number of benzene rings is 3. The lowest BCUT2D eigenvalue weighted by Crippen LogP contribution is -2.34. The summed E-state index contributed by atoms with van der Waals surface area (Å²) in [4.78, 5) is 9.64. The first kappa shape index (κ1) is 33.9. The summed E-state index contributed by atoms with van der Waals surface area (Å²) in [5.74, 6) is 1.46. The molecule has 5 rings (SSSR count). The first-order valence-electron chi connectivity index (χ1n) is 15.1. The molecule has 9 nitrogen and oxygen atoms in total. The van der Waals surface area contributed by atoms with E-state index in [1.54, 1.807) is 7.11 Å². The van der Waals surface area contributed by atoms with Crippen molar-refractivity contribution in [2.24, 2.45) is 10.9 Å². The number of methoxy groups -OCH3 is 1. The van der Waals surface area contributed by atoms with Crippen molar-refractivity contribution in [3.05, 3.63) is 100 Å². The molecule has 0 amide bonds. The fourth-order valence-corrected chi connectivity index (χ4v) is 6.03. The van der Waals surface area contributed by atoms with Gasteiger partial charge < -0.3 is 14.6 Å². The highest BCUT2D eigenvalue weighted by Gasteiger charge is 2.31. The van der Waals surface area contributed by atoms with Gasteiger partial charge in [-0.2, -0.15) is 0 Å². The second-order valence-corrected chi connectivity index (χ2v) is 12.4. The molecule has 2 N–H and O–H groups in total. The molecule has 0 aliphatic carbocycles. The number of hydrogen-bond donors (Lipinski definition) is 2. The lowest BCUT2D eigenvalue weighted by Gasteiger charge is -2.17. The van der Waals surface area contributed by atoms with E-state index in [4.69, 9.17) is 4.74 Å². The number of ether oxygens (including phenoxy) is 2. The van der Waals surface area contributed by atoms with Crippen LogP contribution in [-0.4, -0.2) is 50.8 Å². The van der Waals surface area contributed by atoms with Crippen LogP contribution in [0.5, 0.6) is 11.5 Å². The molecular formula is C34H37F3N6O3S. The number of thiazole rings is 1. The minimum absolute atomic E-state index is 0.207. The van der Waals surface area contributed by atoms with Crippen molar-refractivity contribution in [3.8, 4) is 34.3 Å². The number of alkyl halides is 3. The Morgan fingerprint density at radius 2 is 1.70 bits per heavy atom. The third-order valence-corrected chi connectivity index (χ3v) is 8.44. The van der Waals surface area contributed by atoms with Gasteiger partial charge >= 0.3 is 6.36 Å². The number of nitrogens with one attached hydrogen (secondary N) is 1.